The fourth-order valence-electron chi connectivity index (χ4n) is 3.53. The number of furan rings is 1. The van der Waals surface area contributed by atoms with Crippen LogP contribution in [0.5, 0.6) is 0 Å². The van der Waals surface area contributed by atoms with E-state index in [4.69, 9.17) is 4.42 Å². The van der Waals surface area contributed by atoms with E-state index in [2.05, 4.69) is 4.98 Å². The van der Waals surface area contributed by atoms with Crippen molar-refractivity contribution in [1.29, 1.82) is 0 Å². The van der Waals surface area contributed by atoms with Gasteiger partial charge in [-0.2, -0.15) is 0 Å². The minimum absolute atomic E-state index is 0.000842. The Labute approximate surface area is 140 Å². The molecule has 1 saturated heterocycles. The molecule has 4 rings (SSSR count). The maximum Gasteiger partial charge on any atom is 0.274 e. The van der Waals surface area contributed by atoms with Crippen LogP contribution in [0, 0.1) is 6.92 Å². The van der Waals surface area contributed by atoms with Gasteiger partial charge in [-0.25, -0.2) is 4.98 Å². The standard InChI is InChI=1S/C19H21N3O2/c1-14-7-5-10-18-20-15(13-22(14)18)19(23)21-11-4-2-3-8-16(21)17-9-6-12-24-17/h5-7,9-10,12-13,16H,2-4,8,11H2,1H3/t16-/m0/s1. The third-order valence-corrected chi connectivity index (χ3v) is 4.80. The Hall–Kier alpha value is -2.56. The summed E-state index contributed by atoms with van der Waals surface area (Å²) in [6, 6.07) is 9.75. The molecule has 24 heavy (non-hydrogen) atoms. The topological polar surface area (TPSA) is 50.8 Å². The molecule has 0 saturated carbocycles. The van der Waals surface area contributed by atoms with Crippen LogP contribution in [-0.2, 0) is 0 Å². The van der Waals surface area contributed by atoms with E-state index >= 15 is 0 Å². The van der Waals surface area contributed by atoms with Crippen molar-refractivity contribution in [2.45, 2.75) is 38.6 Å². The summed E-state index contributed by atoms with van der Waals surface area (Å²) in [5, 5.41) is 0. The van der Waals surface area contributed by atoms with Gasteiger partial charge in [-0.05, 0) is 44.0 Å². The fourth-order valence-corrected chi connectivity index (χ4v) is 3.53. The number of hydrogen-bond acceptors (Lipinski definition) is 3. The average Bonchev–Trinajstić information content (AvgIpc) is 3.20. The van der Waals surface area contributed by atoms with Crippen LogP contribution in [0.1, 0.15) is 53.7 Å². The van der Waals surface area contributed by atoms with Crippen LogP contribution in [0.2, 0.25) is 0 Å². The van der Waals surface area contributed by atoms with Crippen LogP contribution in [0.4, 0.5) is 0 Å². The zero-order valence-electron chi connectivity index (χ0n) is 13.8. The Morgan fingerprint density at radius 3 is 2.92 bits per heavy atom. The van der Waals surface area contributed by atoms with Crippen LogP contribution >= 0.6 is 0 Å². The molecule has 3 aromatic rings. The molecule has 0 spiro atoms. The lowest BCUT2D eigenvalue weighted by molar-refractivity contribution is 0.0653. The molecule has 3 aromatic heterocycles. The number of imidazole rings is 1. The monoisotopic (exact) mass is 323 g/mol. The summed E-state index contributed by atoms with van der Waals surface area (Å²) in [5.41, 5.74) is 2.38. The van der Waals surface area contributed by atoms with E-state index in [0.29, 0.717) is 5.69 Å². The summed E-state index contributed by atoms with van der Waals surface area (Å²) < 4.78 is 7.57. The van der Waals surface area contributed by atoms with E-state index in [-0.39, 0.29) is 11.9 Å². The van der Waals surface area contributed by atoms with Gasteiger partial charge in [-0.3, -0.25) is 4.79 Å². The molecule has 0 unspecified atom stereocenters. The molecule has 1 amide bonds. The van der Waals surface area contributed by atoms with Gasteiger partial charge >= 0.3 is 0 Å². The van der Waals surface area contributed by atoms with Crippen LogP contribution in [0.15, 0.2) is 47.2 Å². The van der Waals surface area contributed by atoms with Gasteiger partial charge in [0.15, 0.2) is 0 Å². The minimum atomic E-state index is -0.0126. The molecule has 0 bridgehead atoms. The van der Waals surface area contributed by atoms with E-state index in [0.717, 1.165) is 49.3 Å². The molecule has 1 fully saturated rings. The van der Waals surface area contributed by atoms with E-state index in [1.807, 2.05) is 52.8 Å². The Kier molecular flexibility index (Phi) is 3.84. The molecule has 1 aliphatic heterocycles. The lowest BCUT2D eigenvalue weighted by Gasteiger charge is -2.27. The van der Waals surface area contributed by atoms with Gasteiger partial charge in [-0.15, -0.1) is 0 Å². The average molecular weight is 323 g/mol. The van der Waals surface area contributed by atoms with Crippen LogP contribution in [0.3, 0.4) is 0 Å². The molecule has 0 aromatic carbocycles. The highest BCUT2D eigenvalue weighted by Crippen LogP contribution is 2.31. The van der Waals surface area contributed by atoms with Gasteiger partial charge in [0.05, 0.1) is 12.3 Å². The largest absolute Gasteiger partial charge is 0.467 e. The van der Waals surface area contributed by atoms with Gasteiger partial charge in [0.25, 0.3) is 5.91 Å². The van der Waals surface area contributed by atoms with Gasteiger partial charge in [-0.1, -0.05) is 18.9 Å². The first-order valence-electron chi connectivity index (χ1n) is 8.53. The van der Waals surface area contributed by atoms with Crippen molar-refractivity contribution in [3.63, 3.8) is 0 Å². The molecular formula is C19H21N3O2. The summed E-state index contributed by atoms with van der Waals surface area (Å²) >= 11 is 0. The third kappa shape index (κ3) is 2.60. The molecular weight excluding hydrogens is 302 g/mol. The number of aryl methyl sites for hydroxylation is 1. The van der Waals surface area contributed by atoms with Crippen LogP contribution in [0.25, 0.3) is 5.65 Å². The molecule has 0 radical (unpaired) electrons. The van der Waals surface area contributed by atoms with E-state index in [1.54, 1.807) is 6.26 Å². The molecule has 124 valence electrons. The SMILES string of the molecule is Cc1cccc2nc(C(=O)N3CCCCC[C@H]3c3ccco3)cn12. The number of nitrogens with zero attached hydrogens (tertiary/aromatic N) is 3. The number of fused-ring (bicyclic) bond motifs is 1. The molecule has 1 atom stereocenters. The maximum atomic E-state index is 13.1. The summed E-state index contributed by atoms with van der Waals surface area (Å²) in [7, 11) is 0. The predicted octanol–water partition coefficient (Wildman–Crippen LogP) is 3.99. The molecule has 0 N–H and O–H groups in total. The summed E-state index contributed by atoms with van der Waals surface area (Å²) in [5.74, 6) is 0.853. The van der Waals surface area contributed by atoms with Crippen molar-refractivity contribution in [2.75, 3.05) is 6.54 Å². The summed E-state index contributed by atoms with van der Waals surface area (Å²) in [6.07, 6.45) is 7.74. The third-order valence-electron chi connectivity index (χ3n) is 4.80. The number of amides is 1. The molecule has 5 nitrogen and oxygen atoms in total. The first-order chi connectivity index (χ1) is 11.7. The highest BCUT2D eigenvalue weighted by Gasteiger charge is 2.30. The number of aromatic nitrogens is 2. The maximum absolute atomic E-state index is 13.1. The number of carbonyl (C=O) groups is 1. The molecule has 5 heteroatoms. The molecule has 0 aliphatic carbocycles. The first-order valence-corrected chi connectivity index (χ1v) is 8.53. The highest BCUT2D eigenvalue weighted by atomic mass is 16.3. The van der Waals surface area contributed by atoms with Gasteiger partial charge in [0, 0.05) is 18.4 Å². The second-order valence-corrected chi connectivity index (χ2v) is 6.40. The van der Waals surface area contributed by atoms with Crippen molar-refractivity contribution in [1.82, 2.24) is 14.3 Å². The summed E-state index contributed by atoms with van der Waals surface area (Å²) in [4.78, 5) is 19.6. The van der Waals surface area contributed by atoms with E-state index < -0.39 is 0 Å². The lowest BCUT2D eigenvalue weighted by Crippen LogP contribution is -2.34. The van der Waals surface area contributed by atoms with Crippen LogP contribution < -0.4 is 0 Å². The molecule has 1 aliphatic rings. The van der Waals surface area contributed by atoms with Gasteiger partial charge in [0.1, 0.15) is 17.1 Å². The second-order valence-electron chi connectivity index (χ2n) is 6.40. The van der Waals surface area contributed by atoms with Crippen LogP contribution in [-0.4, -0.2) is 26.7 Å². The first kappa shape index (κ1) is 15.0. The van der Waals surface area contributed by atoms with Crippen molar-refractivity contribution < 1.29 is 9.21 Å². The zero-order valence-corrected chi connectivity index (χ0v) is 13.8. The smallest absolute Gasteiger partial charge is 0.274 e. The highest BCUT2D eigenvalue weighted by molar-refractivity contribution is 5.93. The zero-order chi connectivity index (χ0) is 16.5. The number of rotatable bonds is 2. The number of hydrogen-bond donors (Lipinski definition) is 0. The van der Waals surface area contributed by atoms with Crippen molar-refractivity contribution >= 4 is 11.6 Å². The minimum Gasteiger partial charge on any atom is -0.467 e. The van der Waals surface area contributed by atoms with E-state index in [1.165, 1.54) is 0 Å². The Balaban J connectivity index is 1.70. The number of pyridine rings is 1. The second kappa shape index (κ2) is 6.15. The number of carbonyl (C=O) groups excluding carboxylic acids is 1. The van der Waals surface area contributed by atoms with E-state index in [9.17, 15) is 4.79 Å². The lowest BCUT2D eigenvalue weighted by atomic mass is 10.1. The van der Waals surface area contributed by atoms with Gasteiger partial charge < -0.3 is 13.7 Å². The Bertz CT molecular complexity index is 851. The van der Waals surface area contributed by atoms with Crippen molar-refractivity contribution in [2.24, 2.45) is 0 Å². The number of likely N-dealkylation sites (tertiary alicyclic amines) is 1. The van der Waals surface area contributed by atoms with Crippen molar-refractivity contribution in [3.8, 4) is 0 Å². The predicted molar refractivity (Wildman–Crippen MR) is 90.9 cm³/mol. The summed E-state index contributed by atoms with van der Waals surface area (Å²) in [6.45, 7) is 2.76. The van der Waals surface area contributed by atoms with Gasteiger partial charge in [0.2, 0.25) is 0 Å². The fraction of sp³-hybridized carbons (Fsp3) is 0.368. The Morgan fingerprint density at radius 2 is 2.12 bits per heavy atom. The Morgan fingerprint density at radius 1 is 1.21 bits per heavy atom. The molecule has 4 heterocycles. The normalized spacial score (nSPS) is 18.7. The quantitative estimate of drug-likeness (QED) is 0.716. The van der Waals surface area contributed by atoms with Crippen molar-refractivity contribution in [3.05, 3.63) is 59.9 Å².